The first-order valence-electron chi connectivity index (χ1n) is 6.38. The molecule has 0 amide bonds. The molecule has 3 heteroatoms. The van der Waals surface area contributed by atoms with Gasteiger partial charge in [-0.3, -0.25) is 0 Å². The summed E-state index contributed by atoms with van der Waals surface area (Å²) in [5.74, 6) is 0.792. The minimum atomic E-state index is -1.08. The van der Waals surface area contributed by atoms with Crippen LogP contribution in [-0.2, 0) is 9.47 Å². The number of hydrogen-bond acceptors (Lipinski definition) is 3. The van der Waals surface area contributed by atoms with E-state index < -0.39 is 6.48 Å². The first-order valence-corrected chi connectivity index (χ1v) is 6.38. The number of allylic oxidation sites excluding steroid dienone is 1. The zero-order valence-electron chi connectivity index (χ0n) is 10.4. The van der Waals surface area contributed by atoms with Crippen LogP contribution in [0.3, 0.4) is 0 Å². The van der Waals surface area contributed by atoms with E-state index in [4.69, 9.17) is 9.47 Å². The van der Waals surface area contributed by atoms with Crippen molar-refractivity contribution in [2.75, 3.05) is 6.61 Å². The molecule has 0 heterocycles. The van der Waals surface area contributed by atoms with Crippen molar-refractivity contribution in [3.8, 4) is 0 Å². The fourth-order valence-corrected chi connectivity index (χ4v) is 2.07. The molecule has 0 aromatic heterocycles. The van der Waals surface area contributed by atoms with Gasteiger partial charge in [0, 0.05) is 6.61 Å². The fraction of sp³-hybridized carbons (Fsp3) is 0.846. The topological polar surface area (TPSA) is 38.7 Å². The van der Waals surface area contributed by atoms with Crippen molar-refractivity contribution in [3.63, 3.8) is 0 Å². The Kier molecular flexibility index (Phi) is 6.69. The number of ether oxygens (including phenoxy) is 2. The Morgan fingerprint density at radius 1 is 1.31 bits per heavy atom. The van der Waals surface area contributed by atoms with Gasteiger partial charge in [-0.15, -0.1) is 0 Å². The van der Waals surface area contributed by atoms with Crippen LogP contribution in [0.2, 0.25) is 0 Å². The average molecular weight is 228 g/mol. The van der Waals surface area contributed by atoms with Crippen molar-refractivity contribution in [1.82, 2.24) is 0 Å². The lowest BCUT2D eigenvalue weighted by molar-refractivity contribution is -0.274. The molecule has 1 aliphatic rings. The molecule has 3 atom stereocenters. The van der Waals surface area contributed by atoms with Crippen LogP contribution in [0.25, 0.3) is 0 Å². The van der Waals surface area contributed by atoms with E-state index in [0.717, 1.165) is 18.8 Å². The van der Waals surface area contributed by atoms with Crippen LogP contribution in [0, 0.1) is 5.92 Å². The van der Waals surface area contributed by atoms with Gasteiger partial charge >= 0.3 is 0 Å². The molecule has 16 heavy (non-hydrogen) atoms. The molecule has 0 aromatic rings. The molecule has 0 spiro atoms. The molecule has 3 nitrogen and oxygen atoms in total. The highest BCUT2D eigenvalue weighted by Crippen LogP contribution is 2.23. The molecule has 0 aliphatic heterocycles. The van der Waals surface area contributed by atoms with Gasteiger partial charge in [0.1, 0.15) is 0 Å². The summed E-state index contributed by atoms with van der Waals surface area (Å²) in [5, 5.41) is 9.41. The normalized spacial score (nSPS) is 28.4. The highest BCUT2D eigenvalue weighted by Gasteiger charge is 2.16. The summed E-state index contributed by atoms with van der Waals surface area (Å²) in [7, 11) is 0. The molecule has 1 N–H and O–H groups in total. The standard InChI is InChI=1S/C13H24O3/c1-3-11-7-5-6-8-12(10-9-11)16-13(14)15-4-2/h6,8,11-14H,3-5,7,9-10H2,1-2H3. The SMILES string of the molecule is CCOC(O)OC1C=CCCC(CC)CC1. The maximum Gasteiger partial charge on any atom is 0.269 e. The smallest absolute Gasteiger partial charge is 0.269 e. The predicted molar refractivity (Wildman–Crippen MR) is 63.9 cm³/mol. The molecule has 0 saturated heterocycles. The second-order valence-electron chi connectivity index (χ2n) is 4.29. The van der Waals surface area contributed by atoms with Crippen LogP contribution in [-0.4, -0.2) is 24.3 Å². The predicted octanol–water partition coefficient (Wildman–Crippen LogP) is 2.84. The molecule has 1 rings (SSSR count). The summed E-state index contributed by atoms with van der Waals surface area (Å²) >= 11 is 0. The van der Waals surface area contributed by atoms with Gasteiger partial charge in [-0.1, -0.05) is 25.5 Å². The van der Waals surface area contributed by atoms with Gasteiger partial charge < -0.3 is 14.6 Å². The average Bonchev–Trinajstić information content (AvgIpc) is 2.23. The monoisotopic (exact) mass is 228 g/mol. The molecule has 0 saturated carbocycles. The Labute approximate surface area is 98.4 Å². The molecule has 0 bridgehead atoms. The minimum absolute atomic E-state index is 0.00380. The maximum atomic E-state index is 9.41. The van der Waals surface area contributed by atoms with Crippen molar-refractivity contribution < 1.29 is 14.6 Å². The largest absolute Gasteiger partial charge is 0.346 e. The molecule has 0 fully saturated rings. The first kappa shape index (κ1) is 13.7. The van der Waals surface area contributed by atoms with Crippen molar-refractivity contribution in [2.24, 2.45) is 5.92 Å². The van der Waals surface area contributed by atoms with Gasteiger partial charge in [0.2, 0.25) is 0 Å². The highest BCUT2D eigenvalue weighted by atomic mass is 16.8. The summed E-state index contributed by atoms with van der Waals surface area (Å²) in [5.41, 5.74) is 0. The van der Waals surface area contributed by atoms with Crippen LogP contribution in [0.5, 0.6) is 0 Å². The van der Waals surface area contributed by atoms with E-state index in [-0.39, 0.29) is 6.10 Å². The molecule has 0 radical (unpaired) electrons. The first-order chi connectivity index (χ1) is 7.76. The van der Waals surface area contributed by atoms with Crippen LogP contribution in [0.1, 0.15) is 46.0 Å². The lowest BCUT2D eigenvalue weighted by atomic mass is 9.91. The van der Waals surface area contributed by atoms with E-state index in [9.17, 15) is 5.11 Å². The van der Waals surface area contributed by atoms with Gasteiger partial charge in [0.05, 0.1) is 6.10 Å². The summed E-state index contributed by atoms with van der Waals surface area (Å²) in [6.45, 7) is 3.46. The van der Waals surface area contributed by atoms with Crippen LogP contribution in [0.15, 0.2) is 12.2 Å². The second-order valence-corrected chi connectivity index (χ2v) is 4.29. The summed E-state index contributed by atoms with van der Waals surface area (Å²) < 4.78 is 10.4. The quantitative estimate of drug-likeness (QED) is 0.581. The van der Waals surface area contributed by atoms with Gasteiger partial charge in [-0.2, -0.15) is 0 Å². The molecular weight excluding hydrogens is 204 g/mol. The summed E-state index contributed by atoms with van der Waals surface area (Å²) in [4.78, 5) is 0. The van der Waals surface area contributed by atoms with E-state index >= 15 is 0 Å². The van der Waals surface area contributed by atoms with E-state index in [2.05, 4.69) is 13.0 Å². The number of rotatable bonds is 5. The summed E-state index contributed by atoms with van der Waals surface area (Å²) in [6, 6.07) is 0. The molecule has 1 aliphatic carbocycles. The Morgan fingerprint density at radius 3 is 2.81 bits per heavy atom. The van der Waals surface area contributed by atoms with Crippen molar-refractivity contribution in [3.05, 3.63) is 12.2 Å². The van der Waals surface area contributed by atoms with Crippen molar-refractivity contribution in [2.45, 2.75) is 58.5 Å². The Bertz CT molecular complexity index is 203. The van der Waals surface area contributed by atoms with E-state index in [1.54, 1.807) is 0 Å². The third-order valence-electron chi connectivity index (χ3n) is 3.13. The van der Waals surface area contributed by atoms with Gasteiger partial charge in [-0.25, -0.2) is 0 Å². The lowest BCUT2D eigenvalue weighted by Crippen LogP contribution is -2.24. The van der Waals surface area contributed by atoms with E-state index in [1.807, 2.05) is 13.0 Å². The van der Waals surface area contributed by atoms with E-state index in [1.165, 1.54) is 19.3 Å². The second kappa shape index (κ2) is 7.82. The van der Waals surface area contributed by atoms with Crippen LogP contribution < -0.4 is 0 Å². The zero-order chi connectivity index (χ0) is 11.8. The van der Waals surface area contributed by atoms with Gasteiger partial charge in [0.25, 0.3) is 6.48 Å². The Balaban J connectivity index is 2.37. The maximum absolute atomic E-state index is 9.41. The van der Waals surface area contributed by atoms with Crippen LogP contribution >= 0.6 is 0 Å². The molecule has 94 valence electrons. The third kappa shape index (κ3) is 5.10. The van der Waals surface area contributed by atoms with E-state index in [0.29, 0.717) is 6.61 Å². The third-order valence-corrected chi connectivity index (χ3v) is 3.13. The molecule has 0 aromatic carbocycles. The zero-order valence-corrected chi connectivity index (χ0v) is 10.4. The minimum Gasteiger partial charge on any atom is -0.346 e. The fourth-order valence-electron chi connectivity index (χ4n) is 2.07. The number of aliphatic hydroxyl groups is 1. The van der Waals surface area contributed by atoms with Crippen molar-refractivity contribution in [1.29, 1.82) is 0 Å². The highest BCUT2D eigenvalue weighted by molar-refractivity contribution is 4.92. The lowest BCUT2D eigenvalue weighted by Gasteiger charge is -2.23. The molecular formula is C13H24O3. The number of aliphatic hydroxyl groups excluding tert-OH is 1. The van der Waals surface area contributed by atoms with Gasteiger partial charge in [-0.05, 0) is 38.5 Å². The van der Waals surface area contributed by atoms with Crippen molar-refractivity contribution >= 4 is 0 Å². The number of hydrogen-bond donors (Lipinski definition) is 1. The van der Waals surface area contributed by atoms with Crippen LogP contribution in [0.4, 0.5) is 0 Å². The Morgan fingerprint density at radius 2 is 2.12 bits per heavy atom. The summed E-state index contributed by atoms with van der Waals surface area (Å²) in [6.07, 6.45) is 9.96. The Hall–Kier alpha value is -0.380. The molecule has 3 unspecified atom stereocenters. The van der Waals surface area contributed by atoms with Gasteiger partial charge in [0.15, 0.2) is 0 Å².